The van der Waals surface area contributed by atoms with E-state index in [9.17, 15) is 4.79 Å². The van der Waals surface area contributed by atoms with Crippen LogP contribution in [0.25, 0.3) is 0 Å². The molecule has 14 heavy (non-hydrogen) atoms. The maximum atomic E-state index is 11.0. The van der Waals surface area contributed by atoms with Gasteiger partial charge in [0.15, 0.2) is 0 Å². The fraction of sp³-hybridized carbons (Fsp3) is 0.182. The van der Waals surface area contributed by atoms with E-state index >= 15 is 0 Å². The third kappa shape index (κ3) is 1.27. The topological polar surface area (TPSA) is 40.5 Å². The Morgan fingerprint density at radius 3 is 3.00 bits per heavy atom. The lowest BCUT2D eigenvalue weighted by Crippen LogP contribution is -2.25. The molecule has 0 amide bonds. The van der Waals surface area contributed by atoms with Crippen LogP contribution in [0.2, 0.25) is 0 Å². The van der Waals surface area contributed by atoms with Crippen molar-refractivity contribution in [3.63, 3.8) is 0 Å². The van der Waals surface area contributed by atoms with Gasteiger partial charge in [0.05, 0.1) is 11.3 Å². The Morgan fingerprint density at radius 2 is 2.29 bits per heavy atom. The van der Waals surface area contributed by atoms with Crippen LogP contribution in [-0.4, -0.2) is 22.5 Å². The zero-order chi connectivity index (χ0) is 10.1. The molecule has 0 radical (unpaired) electrons. The zero-order valence-electron chi connectivity index (χ0n) is 7.90. The van der Waals surface area contributed by atoms with Gasteiger partial charge in [-0.25, -0.2) is 4.79 Å². The smallest absolute Gasteiger partial charge is 0.338 e. The third-order valence-electron chi connectivity index (χ3n) is 2.40. The summed E-state index contributed by atoms with van der Waals surface area (Å²) in [5.74, 6) is -0.863. The van der Waals surface area contributed by atoms with Crippen LogP contribution in [0, 0.1) is 0 Å². The summed E-state index contributed by atoms with van der Waals surface area (Å²) in [6, 6.07) is 0. The van der Waals surface area contributed by atoms with Crippen molar-refractivity contribution in [2.45, 2.75) is 6.92 Å². The number of fused-ring (bicyclic) bond motifs is 1. The SMILES string of the molecule is CC1=CCN2C=CC=CC2=C1C(=O)O. The molecule has 72 valence electrons. The quantitative estimate of drug-likeness (QED) is 0.682. The number of hydrogen-bond donors (Lipinski definition) is 1. The molecule has 0 unspecified atom stereocenters. The Morgan fingerprint density at radius 1 is 1.50 bits per heavy atom. The Kier molecular flexibility index (Phi) is 2.00. The highest BCUT2D eigenvalue weighted by molar-refractivity contribution is 5.93. The number of aliphatic carboxylic acids is 1. The lowest BCUT2D eigenvalue weighted by Gasteiger charge is -2.28. The maximum Gasteiger partial charge on any atom is 0.338 e. The molecule has 3 nitrogen and oxygen atoms in total. The number of allylic oxidation sites excluding steroid dienone is 3. The second-order valence-electron chi connectivity index (χ2n) is 3.31. The average molecular weight is 189 g/mol. The summed E-state index contributed by atoms with van der Waals surface area (Å²) in [7, 11) is 0. The second-order valence-corrected chi connectivity index (χ2v) is 3.31. The number of hydrogen-bond acceptors (Lipinski definition) is 2. The monoisotopic (exact) mass is 189 g/mol. The van der Waals surface area contributed by atoms with Gasteiger partial charge in [0.2, 0.25) is 0 Å². The number of carboxylic acid groups (broad SMARTS) is 1. The minimum absolute atomic E-state index is 0.400. The first-order valence-electron chi connectivity index (χ1n) is 4.46. The predicted octanol–water partition coefficient (Wildman–Crippen LogP) is 1.67. The number of nitrogens with zero attached hydrogens (tertiary/aromatic N) is 1. The van der Waals surface area contributed by atoms with Crippen LogP contribution in [0.3, 0.4) is 0 Å². The summed E-state index contributed by atoms with van der Waals surface area (Å²) in [5, 5.41) is 9.06. The van der Waals surface area contributed by atoms with E-state index in [1.807, 2.05) is 42.3 Å². The first kappa shape index (κ1) is 8.81. The lowest BCUT2D eigenvalue weighted by molar-refractivity contribution is -0.132. The van der Waals surface area contributed by atoms with Crippen molar-refractivity contribution in [3.05, 3.63) is 47.3 Å². The van der Waals surface area contributed by atoms with Crippen molar-refractivity contribution in [1.29, 1.82) is 0 Å². The normalized spacial score (nSPS) is 19.5. The molecule has 0 aromatic heterocycles. The van der Waals surface area contributed by atoms with Crippen LogP contribution >= 0.6 is 0 Å². The molecule has 1 N–H and O–H groups in total. The molecular formula is C11H11NO2. The highest BCUT2D eigenvalue weighted by Crippen LogP contribution is 2.26. The largest absolute Gasteiger partial charge is 0.478 e. The molecule has 2 heterocycles. The Bertz CT molecular complexity index is 400. The van der Waals surface area contributed by atoms with Crippen LogP contribution in [-0.2, 0) is 4.79 Å². The molecule has 2 rings (SSSR count). The van der Waals surface area contributed by atoms with E-state index in [1.54, 1.807) is 0 Å². The molecule has 0 saturated carbocycles. The van der Waals surface area contributed by atoms with Crippen LogP contribution in [0.5, 0.6) is 0 Å². The highest BCUT2D eigenvalue weighted by atomic mass is 16.4. The number of rotatable bonds is 1. The first-order valence-corrected chi connectivity index (χ1v) is 4.46. The van der Waals surface area contributed by atoms with E-state index < -0.39 is 5.97 Å². The minimum Gasteiger partial charge on any atom is -0.478 e. The van der Waals surface area contributed by atoms with Crippen LogP contribution in [0.4, 0.5) is 0 Å². The van der Waals surface area contributed by atoms with E-state index in [0.29, 0.717) is 5.57 Å². The zero-order valence-corrected chi connectivity index (χ0v) is 7.90. The van der Waals surface area contributed by atoms with Gasteiger partial charge in [0, 0.05) is 12.7 Å². The molecule has 0 bridgehead atoms. The van der Waals surface area contributed by atoms with Crippen molar-refractivity contribution in [1.82, 2.24) is 4.90 Å². The molecule has 0 aromatic rings. The Balaban J connectivity index is 2.53. The van der Waals surface area contributed by atoms with E-state index in [1.165, 1.54) is 0 Å². The van der Waals surface area contributed by atoms with Crippen molar-refractivity contribution in [3.8, 4) is 0 Å². The average Bonchev–Trinajstić information content (AvgIpc) is 2.17. The molecule has 0 aromatic carbocycles. The predicted molar refractivity (Wildman–Crippen MR) is 53.4 cm³/mol. The van der Waals surface area contributed by atoms with Crippen molar-refractivity contribution < 1.29 is 9.90 Å². The molecule has 0 aliphatic carbocycles. The first-order chi connectivity index (χ1) is 6.70. The number of carbonyl (C=O) groups is 1. The van der Waals surface area contributed by atoms with Crippen LogP contribution in [0.1, 0.15) is 6.92 Å². The van der Waals surface area contributed by atoms with Gasteiger partial charge in [-0.1, -0.05) is 12.2 Å². The lowest BCUT2D eigenvalue weighted by atomic mass is 9.99. The second kappa shape index (κ2) is 3.18. The fourth-order valence-electron chi connectivity index (χ4n) is 1.68. The summed E-state index contributed by atoms with van der Waals surface area (Å²) in [5.41, 5.74) is 2.01. The van der Waals surface area contributed by atoms with E-state index in [0.717, 1.165) is 17.8 Å². The van der Waals surface area contributed by atoms with E-state index in [4.69, 9.17) is 5.11 Å². The van der Waals surface area contributed by atoms with E-state index in [-0.39, 0.29) is 0 Å². The number of carboxylic acids is 1. The molecule has 3 heteroatoms. The van der Waals surface area contributed by atoms with Crippen molar-refractivity contribution >= 4 is 5.97 Å². The fourth-order valence-corrected chi connectivity index (χ4v) is 1.68. The Labute approximate surface area is 82.3 Å². The van der Waals surface area contributed by atoms with Gasteiger partial charge in [0.1, 0.15) is 0 Å². The van der Waals surface area contributed by atoms with Crippen molar-refractivity contribution in [2.75, 3.05) is 6.54 Å². The molecule has 0 saturated heterocycles. The highest BCUT2D eigenvalue weighted by Gasteiger charge is 2.22. The summed E-state index contributed by atoms with van der Waals surface area (Å²) in [6.45, 7) is 2.58. The third-order valence-corrected chi connectivity index (χ3v) is 2.40. The van der Waals surface area contributed by atoms with Gasteiger partial charge in [0.25, 0.3) is 0 Å². The standard InChI is InChI=1S/C11H11NO2/c1-8-5-7-12-6-3-2-4-9(12)10(8)11(13)14/h2-6H,7H2,1H3,(H,13,14). The van der Waals surface area contributed by atoms with Gasteiger partial charge >= 0.3 is 5.97 Å². The summed E-state index contributed by atoms with van der Waals surface area (Å²) < 4.78 is 0. The van der Waals surface area contributed by atoms with Crippen LogP contribution < -0.4 is 0 Å². The summed E-state index contributed by atoms with van der Waals surface area (Å²) in [6.07, 6.45) is 9.41. The molecule has 0 fully saturated rings. The summed E-state index contributed by atoms with van der Waals surface area (Å²) in [4.78, 5) is 13.0. The van der Waals surface area contributed by atoms with Crippen LogP contribution in [0.15, 0.2) is 47.3 Å². The minimum atomic E-state index is -0.863. The van der Waals surface area contributed by atoms with Gasteiger partial charge in [-0.15, -0.1) is 0 Å². The molecular weight excluding hydrogens is 178 g/mol. The van der Waals surface area contributed by atoms with Gasteiger partial charge in [-0.2, -0.15) is 0 Å². The van der Waals surface area contributed by atoms with Crippen molar-refractivity contribution in [2.24, 2.45) is 0 Å². The van der Waals surface area contributed by atoms with Gasteiger partial charge in [-0.05, 0) is 24.6 Å². The summed E-state index contributed by atoms with van der Waals surface area (Å²) >= 11 is 0. The Hall–Kier alpha value is -1.77. The van der Waals surface area contributed by atoms with E-state index in [2.05, 4.69) is 0 Å². The van der Waals surface area contributed by atoms with Gasteiger partial charge in [-0.3, -0.25) is 0 Å². The molecule has 0 atom stereocenters. The molecule has 2 aliphatic rings. The van der Waals surface area contributed by atoms with Gasteiger partial charge < -0.3 is 10.0 Å². The molecule has 2 aliphatic heterocycles. The molecule has 0 spiro atoms. The maximum absolute atomic E-state index is 11.0.